The molecule has 0 nitrogen and oxygen atoms in total. The second-order valence-electron chi connectivity index (χ2n) is 0.429. The number of rotatable bonds is 0. The molecule has 5 heavy (non-hydrogen) atoms. The zero-order valence-electron chi connectivity index (χ0n) is 2.01. The summed E-state index contributed by atoms with van der Waals surface area (Å²) in [7, 11) is 0. The van der Waals surface area contributed by atoms with E-state index in [9.17, 15) is 4.11 Å². The molecule has 0 bridgehead atoms. The first-order valence-electron chi connectivity index (χ1n) is 0.756. The maximum absolute atomic E-state index is 11.1. The van der Waals surface area contributed by atoms with Gasteiger partial charge >= 0.3 is 6.34 Å². The zero-order valence-corrected chi connectivity index (χ0v) is 5.28. The molecule has 0 spiro atoms. The van der Waals surface area contributed by atoms with E-state index in [0.717, 1.165) is 0 Å². The minimum atomic E-state index is -3.69. The molecule has 0 radical (unpaired) electrons. The zero-order chi connectivity index (χ0) is 4.50. The van der Waals surface area contributed by atoms with Gasteiger partial charge in [-0.3, -0.25) is 4.11 Å². The van der Waals surface area contributed by atoms with Crippen LogP contribution >= 0.6 is 33.2 Å². The van der Waals surface area contributed by atoms with Crippen LogP contribution in [0.15, 0.2) is 0 Å². The Labute approximate surface area is 44.1 Å². The van der Waals surface area contributed by atoms with Crippen molar-refractivity contribution in [3.05, 3.63) is 0 Å². The van der Waals surface area contributed by atoms with Crippen molar-refractivity contribution in [1.29, 1.82) is 0 Å². The highest BCUT2D eigenvalue weighted by atomic mass is 35.8. The summed E-state index contributed by atoms with van der Waals surface area (Å²) in [5.74, 6) is 0. The lowest BCUT2D eigenvalue weighted by atomic mass is 18.9. The molecule has 0 saturated heterocycles. The number of halogens is 4. The first kappa shape index (κ1) is 6.02. The van der Waals surface area contributed by atoms with E-state index in [1.165, 1.54) is 0 Å². The largest absolute Gasteiger partial charge is 0.532 e. The van der Waals surface area contributed by atoms with Crippen LogP contribution in [0.1, 0.15) is 0 Å². The molecule has 0 saturated carbocycles. The molecule has 0 aliphatic carbocycles. The smallest absolute Gasteiger partial charge is 0.253 e. The lowest BCUT2D eigenvalue weighted by Crippen LogP contribution is -1.94. The topological polar surface area (TPSA) is 0 Å². The fourth-order valence-electron chi connectivity index (χ4n) is 0. The van der Waals surface area contributed by atoms with E-state index in [1.807, 2.05) is 0 Å². The maximum Gasteiger partial charge on any atom is 0.532 e. The highest BCUT2D eigenvalue weighted by Gasteiger charge is 2.23. The lowest BCUT2D eigenvalue weighted by molar-refractivity contribution is 0.874. The van der Waals surface area contributed by atoms with Gasteiger partial charge < -0.3 is 0 Å². The second-order valence-corrected chi connectivity index (χ2v) is 7.71. The highest BCUT2D eigenvalue weighted by molar-refractivity contribution is 7.61. The molecule has 0 atom stereocenters. The quantitative estimate of drug-likeness (QED) is 0.369. The molecule has 32 valence electrons. The van der Waals surface area contributed by atoms with Crippen LogP contribution in [0.5, 0.6) is 0 Å². The molecule has 0 amide bonds. The van der Waals surface area contributed by atoms with Crippen molar-refractivity contribution in [1.82, 2.24) is 0 Å². The molecule has 0 fully saturated rings. The van der Waals surface area contributed by atoms with Gasteiger partial charge in [0.1, 0.15) is 0 Å². The molecule has 0 heterocycles. The van der Waals surface area contributed by atoms with Crippen LogP contribution in [-0.4, -0.2) is 6.34 Å². The van der Waals surface area contributed by atoms with E-state index in [1.54, 1.807) is 0 Å². The Hall–Kier alpha value is 1.02. The van der Waals surface area contributed by atoms with Gasteiger partial charge in [0.25, 0.3) is 0 Å². The molecule has 0 unspecified atom stereocenters. The molecule has 0 N–H and O–H groups in total. The molecule has 0 aliphatic heterocycles. The third-order valence-corrected chi connectivity index (χ3v) is 0. The second kappa shape index (κ2) is 1.64. The van der Waals surface area contributed by atoms with Gasteiger partial charge in [-0.05, 0) is 0 Å². The van der Waals surface area contributed by atoms with Crippen molar-refractivity contribution < 1.29 is 4.11 Å². The summed E-state index contributed by atoms with van der Waals surface area (Å²) in [6.07, 6.45) is -3.69. The van der Waals surface area contributed by atoms with Crippen molar-refractivity contribution in [2.75, 3.05) is 0 Å². The summed E-state index contributed by atoms with van der Waals surface area (Å²) in [6.45, 7) is 0. The molecule has 0 aliphatic rings. The Balaban J connectivity index is 3.02. The summed E-state index contributed by atoms with van der Waals surface area (Å²) in [5.41, 5.74) is 0. The average Bonchev–Trinajstić information content (AvgIpc) is 0.722. The fourth-order valence-corrected chi connectivity index (χ4v) is 0. The maximum atomic E-state index is 11.1. The Bertz CT molecular complexity index is 22.4. The normalized spacial score (nSPS) is 12.0. The molecule has 0 aromatic heterocycles. The van der Waals surface area contributed by atoms with E-state index >= 15 is 0 Å². The summed E-state index contributed by atoms with van der Waals surface area (Å²) < 4.78 is 11.1. The van der Waals surface area contributed by atoms with Crippen LogP contribution < -0.4 is 0 Å². The molecule has 5 heteroatoms. The van der Waals surface area contributed by atoms with Gasteiger partial charge in [-0.25, -0.2) is 0 Å². The molecular formula is Cl3FSi. The van der Waals surface area contributed by atoms with Crippen LogP contribution in [0.25, 0.3) is 0 Å². The fraction of sp³-hybridized carbons (Fsp3) is 0. The monoisotopic (exact) mass is 152 g/mol. The van der Waals surface area contributed by atoms with Crippen molar-refractivity contribution in [3.63, 3.8) is 0 Å². The standard InChI is InChI=1S/Cl3FSi/c1-5(2,3)4. The molecular weight excluding hydrogens is 153 g/mol. The van der Waals surface area contributed by atoms with E-state index in [4.69, 9.17) is 0 Å². The third kappa shape index (κ3) is 44.2. The van der Waals surface area contributed by atoms with Gasteiger partial charge in [0.05, 0.1) is 0 Å². The van der Waals surface area contributed by atoms with E-state index in [2.05, 4.69) is 33.2 Å². The van der Waals surface area contributed by atoms with Gasteiger partial charge in [-0.1, -0.05) is 33.2 Å². The Kier molecular flexibility index (Phi) is 1.98. The average molecular weight is 153 g/mol. The van der Waals surface area contributed by atoms with Crippen molar-refractivity contribution >= 4 is 39.6 Å². The Morgan fingerprint density at radius 1 is 1.20 bits per heavy atom. The molecule has 0 aromatic rings. The summed E-state index contributed by atoms with van der Waals surface area (Å²) in [5, 5.41) is 0. The van der Waals surface area contributed by atoms with Crippen LogP contribution in [-0.2, 0) is 0 Å². The van der Waals surface area contributed by atoms with Crippen LogP contribution in [0.3, 0.4) is 0 Å². The van der Waals surface area contributed by atoms with Gasteiger partial charge in [0, 0.05) is 0 Å². The van der Waals surface area contributed by atoms with Gasteiger partial charge in [-0.15, -0.1) is 0 Å². The van der Waals surface area contributed by atoms with Gasteiger partial charge in [0.15, 0.2) is 0 Å². The first-order valence-corrected chi connectivity index (χ1v) is 5.67. The minimum absolute atomic E-state index is 3.69. The van der Waals surface area contributed by atoms with Gasteiger partial charge in [0.2, 0.25) is 0 Å². The lowest BCUT2D eigenvalue weighted by Gasteiger charge is -1.83. The van der Waals surface area contributed by atoms with Gasteiger partial charge in [-0.2, -0.15) is 0 Å². The van der Waals surface area contributed by atoms with Crippen molar-refractivity contribution in [3.8, 4) is 0 Å². The predicted octanol–water partition coefficient (Wildman–Crippen LogP) is 2.11. The summed E-state index contributed by atoms with van der Waals surface area (Å²) >= 11 is 13.6. The highest BCUT2D eigenvalue weighted by Crippen LogP contribution is 2.19. The summed E-state index contributed by atoms with van der Waals surface area (Å²) in [4.78, 5) is 0. The third-order valence-electron chi connectivity index (χ3n) is 0. The molecule has 0 rings (SSSR count). The van der Waals surface area contributed by atoms with Crippen LogP contribution in [0.4, 0.5) is 4.11 Å². The minimum Gasteiger partial charge on any atom is -0.253 e. The van der Waals surface area contributed by atoms with E-state index < -0.39 is 6.34 Å². The first-order chi connectivity index (χ1) is 2.00. The number of hydrogen-bond donors (Lipinski definition) is 0. The van der Waals surface area contributed by atoms with E-state index in [-0.39, 0.29) is 0 Å². The predicted molar refractivity (Wildman–Crippen MR) is 24.4 cm³/mol. The van der Waals surface area contributed by atoms with Crippen LogP contribution in [0.2, 0.25) is 0 Å². The molecule has 0 aromatic carbocycles. The Morgan fingerprint density at radius 3 is 1.20 bits per heavy atom. The SMILES string of the molecule is F[Si](Cl)(Cl)Cl. The summed E-state index contributed by atoms with van der Waals surface area (Å²) in [6, 6.07) is 0. The van der Waals surface area contributed by atoms with Crippen LogP contribution in [0, 0.1) is 0 Å². The van der Waals surface area contributed by atoms with Crippen molar-refractivity contribution in [2.24, 2.45) is 0 Å². The van der Waals surface area contributed by atoms with E-state index in [0.29, 0.717) is 0 Å². The van der Waals surface area contributed by atoms with Crippen molar-refractivity contribution in [2.45, 2.75) is 0 Å². The number of hydrogen-bond acceptors (Lipinski definition) is 0. The Morgan fingerprint density at radius 2 is 1.20 bits per heavy atom.